The Bertz CT molecular complexity index is 594. The van der Waals surface area contributed by atoms with Gasteiger partial charge in [0.05, 0.1) is 11.2 Å². The number of anilines is 1. The lowest BCUT2D eigenvalue weighted by atomic mass is 9.81. The Kier molecular flexibility index (Phi) is 5.58. The van der Waals surface area contributed by atoms with Crippen LogP contribution >= 0.6 is 0 Å². The number of hydrogen-bond donors (Lipinski definition) is 1. The van der Waals surface area contributed by atoms with E-state index >= 15 is 0 Å². The van der Waals surface area contributed by atoms with E-state index < -0.39 is 7.12 Å². The number of hydrogen-bond acceptors (Lipinski definition) is 7. The minimum absolute atomic E-state index is 0.356. The van der Waals surface area contributed by atoms with Crippen LogP contribution in [-0.4, -0.2) is 73.0 Å². The first-order valence-electron chi connectivity index (χ1n) is 9.53. The van der Waals surface area contributed by atoms with Crippen LogP contribution in [0.5, 0.6) is 0 Å². The molecule has 7 nitrogen and oxygen atoms in total. The summed E-state index contributed by atoms with van der Waals surface area (Å²) >= 11 is 0. The highest BCUT2D eigenvalue weighted by atomic mass is 16.7. The van der Waals surface area contributed by atoms with Gasteiger partial charge in [0.1, 0.15) is 0 Å². The first-order valence-corrected chi connectivity index (χ1v) is 9.53. The maximum Gasteiger partial charge on any atom is 0.498 e. The van der Waals surface area contributed by atoms with E-state index in [1.54, 1.807) is 0 Å². The Labute approximate surface area is 157 Å². The summed E-state index contributed by atoms with van der Waals surface area (Å²) in [5.74, 6) is 1.38. The van der Waals surface area contributed by atoms with Crippen LogP contribution in [-0.2, 0) is 9.31 Å². The normalized spacial score (nSPS) is 25.0. The lowest BCUT2D eigenvalue weighted by molar-refractivity contribution is 0.00578. The predicted octanol–water partition coefficient (Wildman–Crippen LogP) is 0.493. The van der Waals surface area contributed by atoms with Crippen LogP contribution in [0.2, 0.25) is 0 Å². The van der Waals surface area contributed by atoms with E-state index in [4.69, 9.17) is 15.0 Å². The van der Waals surface area contributed by atoms with Crippen LogP contribution in [0.1, 0.15) is 34.1 Å². The monoisotopic (exact) mass is 361 g/mol. The molecule has 1 atom stereocenters. The van der Waals surface area contributed by atoms with Crippen LogP contribution in [0.25, 0.3) is 0 Å². The van der Waals surface area contributed by atoms with Crippen LogP contribution in [0.4, 0.5) is 5.95 Å². The molecular weight excluding hydrogens is 329 g/mol. The third-order valence-electron chi connectivity index (χ3n) is 5.87. The number of nitrogens with two attached hydrogens (primary N) is 1. The van der Waals surface area contributed by atoms with E-state index in [1.165, 1.54) is 6.42 Å². The van der Waals surface area contributed by atoms with Gasteiger partial charge in [-0.05, 0) is 46.6 Å². The molecule has 8 heteroatoms. The van der Waals surface area contributed by atoms with Crippen molar-refractivity contribution < 1.29 is 9.31 Å². The fourth-order valence-corrected chi connectivity index (χ4v) is 3.55. The molecular formula is C18H32BN5O2. The molecule has 0 radical (unpaired) electrons. The van der Waals surface area contributed by atoms with E-state index in [1.807, 2.05) is 40.1 Å². The maximum absolute atomic E-state index is 6.06. The highest BCUT2D eigenvalue weighted by molar-refractivity contribution is 6.61. The lowest BCUT2D eigenvalue weighted by Gasteiger charge is -2.32. The van der Waals surface area contributed by atoms with E-state index in [9.17, 15) is 0 Å². The van der Waals surface area contributed by atoms with Crippen molar-refractivity contribution in [3.8, 4) is 0 Å². The Morgan fingerprint density at radius 3 is 2.42 bits per heavy atom. The zero-order valence-corrected chi connectivity index (χ0v) is 16.7. The third-order valence-corrected chi connectivity index (χ3v) is 5.87. The summed E-state index contributed by atoms with van der Waals surface area (Å²) in [6.07, 6.45) is 4.84. The Morgan fingerprint density at radius 2 is 1.85 bits per heavy atom. The molecule has 2 aliphatic heterocycles. The molecule has 26 heavy (non-hydrogen) atoms. The summed E-state index contributed by atoms with van der Waals surface area (Å²) in [7, 11) is 1.63. The van der Waals surface area contributed by atoms with Gasteiger partial charge in [-0.2, -0.15) is 0 Å². The average Bonchev–Trinajstić information content (AvgIpc) is 3.09. The van der Waals surface area contributed by atoms with Crippen LogP contribution < -0.4 is 16.1 Å². The molecule has 2 aliphatic rings. The highest BCUT2D eigenvalue weighted by Crippen LogP contribution is 2.36. The molecule has 0 saturated carbocycles. The number of likely N-dealkylation sites (tertiary alicyclic amines) is 1. The van der Waals surface area contributed by atoms with Gasteiger partial charge >= 0.3 is 7.12 Å². The van der Waals surface area contributed by atoms with Crippen molar-refractivity contribution in [3.63, 3.8) is 0 Å². The molecule has 0 aliphatic carbocycles. The van der Waals surface area contributed by atoms with Gasteiger partial charge < -0.3 is 24.8 Å². The van der Waals surface area contributed by atoms with Gasteiger partial charge in [-0.25, -0.2) is 9.97 Å². The number of rotatable bonds is 6. The largest absolute Gasteiger partial charge is 0.498 e. The van der Waals surface area contributed by atoms with Crippen molar-refractivity contribution in [2.45, 2.75) is 45.3 Å². The molecule has 0 unspecified atom stereocenters. The number of nitrogens with zero attached hydrogens (tertiary/aromatic N) is 4. The molecule has 0 aromatic carbocycles. The van der Waals surface area contributed by atoms with Gasteiger partial charge in [-0.15, -0.1) is 0 Å². The fourth-order valence-electron chi connectivity index (χ4n) is 3.55. The summed E-state index contributed by atoms with van der Waals surface area (Å²) in [6, 6.07) is 0. The minimum Gasteiger partial charge on any atom is -0.399 e. The molecule has 0 bridgehead atoms. The van der Waals surface area contributed by atoms with Gasteiger partial charge in [0.25, 0.3) is 0 Å². The van der Waals surface area contributed by atoms with Crippen molar-refractivity contribution in [2.75, 3.05) is 44.7 Å². The van der Waals surface area contributed by atoms with Crippen LogP contribution in [0.15, 0.2) is 12.4 Å². The van der Waals surface area contributed by atoms with Crippen molar-refractivity contribution in [3.05, 3.63) is 12.4 Å². The van der Waals surface area contributed by atoms with Gasteiger partial charge in [0.15, 0.2) is 0 Å². The molecule has 3 rings (SSSR count). The molecule has 144 valence electrons. The molecule has 0 amide bonds. The zero-order chi connectivity index (χ0) is 18.9. The van der Waals surface area contributed by atoms with Crippen molar-refractivity contribution in [2.24, 2.45) is 11.7 Å². The van der Waals surface area contributed by atoms with E-state index in [2.05, 4.69) is 26.8 Å². The second kappa shape index (κ2) is 7.42. The average molecular weight is 361 g/mol. The standard InChI is InChI=1S/C18H32BN5O2/c1-17(2)18(3,4)26-19(25-17)15-10-21-16(22-11-15)23(5)12-14-6-8-24(13-14)9-7-20/h10-11,14H,6-9,12-13,20H2,1-5H3/t14-/m1/s1. The van der Waals surface area contributed by atoms with Gasteiger partial charge in [-0.1, -0.05) is 0 Å². The summed E-state index contributed by atoms with van der Waals surface area (Å²) < 4.78 is 12.1. The third kappa shape index (κ3) is 4.03. The van der Waals surface area contributed by atoms with Crippen molar-refractivity contribution in [1.82, 2.24) is 14.9 Å². The second-order valence-electron chi connectivity index (χ2n) is 8.53. The Morgan fingerprint density at radius 1 is 1.23 bits per heavy atom. The molecule has 2 N–H and O–H groups in total. The molecule has 1 aromatic heterocycles. The van der Waals surface area contributed by atoms with Crippen molar-refractivity contribution >= 4 is 18.5 Å². The quantitative estimate of drug-likeness (QED) is 0.739. The summed E-state index contributed by atoms with van der Waals surface area (Å²) in [5.41, 5.74) is 5.80. The van der Waals surface area contributed by atoms with Gasteiger partial charge in [0, 0.05) is 51.1 Å². The predicted molar refractivity (Wildman–Crippen MR) is 105 cm³/mol. The van der Waals surface area contributed by atoms with Crippen molar-refractivity contribution in [1.29, 1.82) is 0 Å². The highest BCUT2D eigenvalue weighted by Gasteiger charge is 2.52. The smallest absolute Gasteiger partial charge is 0.399 e. The first kappa shape index (κ1) is 19.5. The second-order valence-corrected chi connectivity index (χ2v) is 8.53. The van der Waals surface area contributed by atoms with Gasteiger partial charge in [-0.3, -0.25) is 0 Å². The molecule has 0 spiro atoms. The molecule has 3 heterocycles. The first-order chi connectivity index (χ1) is 12.2. The molecule has 2 saturated heterocycles. The van der Waals surface area contributed by atoms with Crippen LogP contribution in [0, 0.1) is 5.92 Å². The number of aromatic nitrogens is 2. The Hall–Kier alpha value is -1.22. The van der Waals surface area contributed by atoms with Crippen LogP contribution in [0.3, 0.4) is 0 Å². The van der Waals surface area contributed by atoms with E-state index in [0.717, 1.165) is 44.1 Å². The molecule has 2 fully saturated rings. The maximum atomic E-state index is 6.06. The minimum atomic E-state index is -0.418. The SMILES string of the molecule is CN(C[C@H]1CCN(CCN)C1)c1ncc(B2OC(C)(C)C(C)(C)O2)cn1. The van der Waals surface area contributed by atoms with E-state index in [-0.39, 0.29) is 11.2 Å². The summed E-state index contributed by atoms with van der Waals surface area (Å²) in [4.78, 5) is 13.6. The summed E-state index contributed by atoms with van der Waals surface area (Å²) in [6.45, 7) is 13.1. The summed E-state index contributed by atoms with van der Waals surface area (Å²) in [5, 5.41) is 0. The zero-order valence-electron chi connectivity index (χ0n) is 16.7. The van der Waals surface area contributed by atoms with E-state index in [0.29, 0.717) is 5.92 Å². The topological polar surface area (TPSA) is 76.7 Å². The van der Waals surface area contributed by atoms with Gasteiger partial charge in [0.2, 0.25) is 5.95 Å². The Balaban J connectivity index is 1.58. The lowest BCUT2D eigenvalue weighted by Crippen LogP contribution is -2.41. The molecule has 1 aromatic rings. The fraction of sp³-hybridized carbons (Fsp3) is 0.778.